The van der Waals surface area contributed by atoms with Gasteiger partial charge in [0.25, 0.3) is 0 Å². The van der Waals surface area contributed by atoms with Crippen LogP contribution in [0.4, 0.5) is 0 Å². The highest BCUT2D eigenvalue weighted by Gasteiger charge is 2.31. The zero-order valence-corrected chi connectivity index (χ0v) is 15.6. The van der Waals surface area contributed by atoms with Gasteiger partial charge in [0.05, 0.1) is 41.9 Å². The van der Waals surface area contributed by atoms with Crippen LogP contribution in [0.15, 0.2) is 53.6 Å². The van der Waals surface area contributed by atoms with E-state index in [1.807, 2.05) is 31.2 Å². The van der Waals surface area contributed by atoms with Crippen molar-refractivity contribution in [3.63, 3.8) is 0 Å². The Hall–Kier alpha value is -2.18. The van der Waals surface area contributed by atoms with Crippen molar-refractivity contribution >= 4 is 5.71 Å². The van der Waals surface area contributed by atoms with Crippen molar-refractivity contribution in [1.82, 2.24) is 15.6 Å². The highest BCUT2D eigenvalue weighted by atomic mass is 16.5. The zero-order valence-electron chi connectivity index (χ0n) is 15.6. The van der Waals surface area contributed by atoms with E-state index in [4.69, 9.17) is 14.5 Å². The second-order valence-corrected chi connectivity index (χ2v) is 7.07. The average Bonchev–Trinajstić information content (AvgIpc) is 3.32. The molecule has 1 aromatic heterocycles. The Morgan fingerprint density at radius 3 is 2.88 bits per heavy atom. The van der Waals surface area contributed by atoms with E-state index in [0.717, 1.165) is 49.0 Å². The van der Waals surface area contributed by atoms with Gasteiger partial charge >= 0.3 is 0 Å². The summed E-state index contributed by atoms with van der Waals surface area (Å²) in [5.41, 5.74) is 2.43. The first kappa shape index (κ1) is 18.6. The topological polar surface area (TPSA) is 67.8 Å². The molecule has 3 rings (SSSR count). The molecule has 1 aromatic rings. The molecular weight excluding hydrogens is 328 g/mol. The fourth-order valence-corrected chi connectivity index (χ4v) is 3.10. The lowest BCUT2D eigenvalue weighted by molar-refractivity contribution is 0.174. The summed E-state index contributed by atoms with van der Waals surface area (Å²) in [5.74, 6) is 0.767. The number of rotatable bonds is 7. The van der Waals surface area contributed by atoms with Gasteiger partial charge in [0.1, 0.15) is 5.82 Å². The van der Waals surface area contributed by atoms with Crippen LogP contribution in [-0.4, -0.2) is 48.7 Å². The van der Waals surface area contributed by atoms with Gasteiger partial charge in [-0.15, -0.1) is 0 Å². The maximum Gasteiger partial charge on any atom is 0.150 e. The number of hydrogen-bond acceptors (Lipinski definition) is 6. The lowest BCUT2D eigenvalue weighted by Gasteiger charge is -2.27. The van der Waals surface area contributed by atoms with Crippen LogP contribution in [-0.2, 0) is 9.47 Å². The van der Waals surface area contributed by atoms with Gasteiger partial charge in [-0.3, -0.25) is 4.98 Å². The molecule has 2 aliphatic rings. The summed E-state index contributed by atoms with van der Waals surface area (Å²) in [4.78, 5) is 9.26. The molecule has 3 heterocycles. The molecule has 0 radical (unpaired) electrons. The maximum atomic E-state index is 5.59. The number of pyridine rings is 1. The van der Waals surface area contributed by atoms with Gasteiger partial charge < -0.3 is 20.1 Å². The van der Waals surface area contributed by atoms with Gasteiger partial charge in [0.2, 0.25) is 0 Å². The van der Waals surface area contributed by atoms with Crippen molar-refractivity contribution in [2.75, 3.05) is 26.4 Å². The molecule has 2 aliphatic heterocycles. The normalized spacial score (nSPS) is 27.2. The fraction of sp³-hybridized carbons (Fsp3) is 0.500. The third-order valence-corrected chi connectivity index (χ3v) is 4.70. The Kier molecular flexibility index (Phi) is 6.06. The van der Waals surface area contributed by atoms with E-state index in [9.17, 15) is 0 Å². The van der Waals surface area contributed by atoms with Crippen molar-refractivity contribution in [2.45, 2.75) is 38.3 Å². The summed E-state index contributed by atoms with van der Waals surface area (Å²) < 4.78 is 11.1. The molecule has 2 N–H and O–H groups in total. The molecule has 26 heavy (non-hydrogen) atoms. The smallest absolute Gasteiger partial charge is 0.150 e. The Bertz CT molecular complexity index is 672. The summed E-state index contributed by atoms with van der Waals surface area (Å²) in [6.45, 7) is 11.0. The number of allylic oxidation sites excluding steroid dienone is 1. The molecular formula is C20H28N4O2. The molecule has 2 unspecified atom stereocenters. The number of nitrogens with zero attached hydrogens (tertiary/aromatic N) is 2. The highest BCUT2D eigenvalue weighted by molar-refractivity contribution is 5.97. The van der Waals surface area contributed by atoms with E-state index in [2.05, 4.69) is 29.1 Å². The third kappa shape index (κ3) is 4.71. The maximum absolute atomic E-state index is 5.59. The van der Waals surface area contributed by atoms with Crippen molar-refractivity contribution < 1.29 is 9.47 Å². The fourth-order valence-electron chi connectivity index (χ4n) is 3.10. The third-order valence-electron chi connectivity index (χ3n) is 4.70. The molecule has 0 bridgehead atoms. The predicted octanol–water partition coefficient (Wildman–Crippen LogP) is 2.39. The molecule has 6 nitrogen and oxygen atoms in total. The van der Waals surface area contributed by atoms with E-state index in [-0.39, 0.29) is 11.6 Å². The van der Waals surface area contributed by atoms with E-state index < -0.39 is 0 Å². The SMILES string of the molecule is C=C/C(NC1CCOC1)=C(\N=C(/C)c1ccccn1)NC1(C)CCOC1. The number of aromatic nitrogens is 1. The van der Waals surface area contributed by atoms with Gasteiger partial charge in [-0.1, -0.05) is 12.6 Å². The van der Waals surface area contributed by atoms with Crippen LogP contribution in [0.1, 0.15) is 32.4 Å². The molecule has 140 valence electrons. The van der Waals surface area contributed by atoms with Gasteiger partial charge in [0.15, 0.2) is 0 Å². The van der Waals surface area contributed by atoms with Gasteiger partial charge in [-0.05, 0) is 44.9 Å². The van der Waals surface area contributed by atoms with Crippen LogP contribution >= 0.6 is 0 Å². The minimum absolute atomic E-state index is 0.147. The lowest BCUT2D eigenvalue weighted by Crippen LogP contribution is -2.43. The second-order valence-electron chi connectivity index (χ2n) is 7.07. The number of hydrogen-bond donors (Lipinski definition) is 2. The van der Waals surface area contributed by atoms with Crippen LogP contribution in [0.3, 0.4) is 0 Å². The highest BCUT2D eigenvalue weighted by Crippen LogP contribution is 2.21. The van der Waals surface area contributed by atoms with Crippen LogP contribution in [0.2, 0.25) is 0 Å². The molecule has 0 spiro atoms. The molecule has 2 saturated heterocycles. The average molecular weight is 356 g/mol. The van der Waals surface area contributed by atoms with Crippen LogP contribution < -0.4 is 10.6 Å². The molecule has 2 fully saturated rings. The van der Waals surface area contributed by atoms with Gasteiger partial charge in [-0.2, -0.15) is 0 Å². The number of nitrogens with one attached hydrogen (secondary N) is 2. The largest absolute Gasteiger partial charge is 0.379 e. The first-order valence-corrected chi connectivity index (χ1v) is 9.13. The monoisotopic (exact) mass is 356 g/mol. The molecule has 6 heteroatoms. The Morgan fingerprint density at radius 1 is 1.38 bits per heavy atom. The summed E-state index contributed by atoms with van der Waals surface area (Å²) in [5, 5.41) is 7.10. The minimum atomic E-state index is -0.147. The van der Waals surface area contributed by atoms with E-state index in [1.54, 1.807) is 6.20 Å². The molecule has 0 aromatic carbocycles. The quantitative estimate of drug-likeness (QED) is 0.580. The second kappa shape index (κ2) is 8.47. The van der Waals surface area contributed by atoms with E-state index >= 15 is 0 Å². The van der Waals surface area contributed by atoms with E-state index in [0.29, 0.717) is 13.2 Å². The Balaban J connectivity index is 1.91. The zero-order chi connectivity index (χ0) is 18.4. The van der Waals surface area contributed by atoms with Crippen LogP contribution in [0, 0.1) is 0 Å². The van der Waals surface area contributed by atoms with Gasteiger partial charge in [0, 0.05) is 19.4 Å². The van der Waals surface area contributed by atoms with E-state index in [1.165, 1.54) is 0 Å². The van der Waals surface area contributed by atoms with Crippen LogP contribution in [0.5, 0.6) is 0 Å². The summed E-state index contributed by atoms with van der Waals surface area (Å²) in [6, 6.07) is 6.10. The van der Waals surface area contributed by atoms with Crippen LogP contribution in [0.25, 0.3) is 0 Å². The summed E-state index contributed by atoms with van der Waals surface area (Å²) >= 11 is 0. The predicted molar refractivity (Wildman–Crippen MR) is 103 cm³/mol. The van der Waals surface area contributed by atoms with Crippen molar-refractivity contribution in [2.24, 2.45) is 4.99 Å². The molecule has 2 atom stereocenters. The minimum Gasteiger partial charge on any atom is -0.379 e. The standard InChI is InChI=1S/C20H28N4O2/c1-4-17(23-16-8-11-25-13-16)19(24-20(3)9-12-26-14-20)22-15(2)18-7-5-6-10-21-18/h4-7,10,16,23-24H,1,8-9,11-14H2,2-3H3/b19-17-,22-15+. The van der Waals surface area contributed by atoms with Crippen molar-refractivity contribution in [1.29, 1.82) is 0 Å². The Labute approximate surface area is 155 Å². The number of aliphatic imine (C=N–C) groups is 1. The first-order valence-electron chi connectivity index (χ1n) is 9.13. The molecule has 0 amide bonds. The number of ether oxygens (including phenoxy) is 2. The summed E-state index contributed by atoms with van der Waals surface area (Å²) in [6.07, 6.45) is 5.51. The molecule has 0 saturated carbocycles. The first-order chi connectivity index (χ1) is 12.6. The summed E-state index contributed by atoms with van der Waals surface area (Å²) in [7, 11) is 0. The Morgan fingerprint density at radius 2 is 2.27 bits per heavy atom. The lowest BCUT2D eigenvalue weighted by atomic mass is 10.0. The van der Waals surface area contributed by atoms with Crippen molar-refractivity contribution in [3.05, 3.63) is 54.3 Å². The van der Waals surface area contributed by atoms with Crippen molar-refractivity contribution in [3.8, 4) is 0 Å². The van der Waals surface area contributed by atoms with Gasteiger partial charge in [-0.25, -0.2) is 4.99 Å². The molecule has 0 aliphatic carbocycles.